The number of rotatable bonds is 4. The summed E-state index contributed by atoms with van der Waals surface area (Å²) in [5.41, 5.74) is 0.403. The summed E-state index contributed by atoms with van der Waals surface area (Å²) >= 11 is 1.81. The van der Waals surface area contributed by atoms with Gasteiger partial charge in [0.2, 0.25) is 0 Å². The number of hydrogen-bond donors (Lipinski definition) is 1. The number of piperidine rings is 1. The number of hydrogen-bond acceptors (Lipinski definition) is 3. The molecule has 0 radical (unpaired) electrons. The first-order valence-corrected chi connectivity index (χ1v) is 8.22. The smallest absolute Gasteiger partial charge is 0.352 e. The number of aromatic nitrogens is 1. The fourth-order valence-corrected chi connectivity index (χ4v) is 3.97. The quantitative estimate of drug-likeness (QED) is 0.938. The Kier molecular flexibility index (Phi) is 4.12. The van der Waals surface area contributed by atoms with Crippen LogP contribution in [0.1, 0.15) is 47.2 Å². The maximum Gasteiger partial charge on any atom is 0.352 e. The molecule has 1 N–H and O–H groups in total. The predicted octanol–water partition coefficient (Wildman–Crippen LogP) is 3.65. The predicted molar refractivity (Wildman–Crippen MR) is 84.0 cm³/mol. The van der Waals surface area contributed by atoms with Gasteiger partial charge in [-0.15, -0.1) is 11.3 Å². The van der Waals surface area contributed by atoms with Gasteiger partial charge in [-0.1, -0.05) is 6.07 Å². The second kappa shape index (κ2) is 6.03. The molecule has 0 bridgehead atoms. The lowest BCUT2D eigenvalue weighted by atomic mass is 10.0. The molecule has 3 heterocycles. The summed E-state index contributed by atoms with van der Waals surface area (Å²) in [4.78, 5) is 15.1. The Morgan fingerprint density at radius 2 is 2.10 bits per heavy atom. The Morgan fingerprint density at radius 1 is 1.33 bits per heavy atom. The summed E-state index contributed by atoms with van der Waals surface area (Å²) in [6, 6.07) is 8.55. The van der Waals surface area contributed by atoms with Crippen molar-refractivity contribution in [2.24, 2.45) is 0 Å². The molecule has 21 heavy (non-hydrogen) atoms. The molecule has 0 aromatic carbocycles. The van der Waals surface area contributed by atoms with Crippen LogP contribution in [0.3, 0.4) is 0 Å². The van der Waals surface area contributed by atoms with Crippen LogP contribution >= 0.6 is 11.3 Å². The van der Waals surface area contributed by atoms with E-state index < -0.39 is 5.97 Å². The molecule has 0 saturated carbocycles. The maximum absolute atomic E-state index is 11.2. The average Bonchev–Trinajstić information content (AvgIpc) is 3.18. The van der Waals surface area contributed by atoms with Crippen LogP contribution in [0.5, 0.6) is 0 Å². The summed E-state index contributed by atoms with van der Waals surface area (Å²) in [7, 11) is 0. The van der Waals surface area contributed by atoms with Gasteiger partial charge in [-0.3, -0.25) is 4.90 Å². The van der Waals surface area contributed by atoms with E-state index in [0.29, 0.717) is 17.8 Å². The van der Waals surface area contributed by atoms with Crippen molar-refractivity contribution in [2.45, 2.75) is 31.8 Å². The fraction of sp³-hybridized carbons (Fsp3) is 0.438. The van der Waals surface area contributed by atoms with Crippen molar-refractivity contribution in [2.75, 3.05) is 13.1 Å². The van der Waals surface area contributed by atoms with Crippen LogP contribution in [-0.4, -0.2) is 33.6 Å². The lowest BCUT2D eigenvalue weighted by Gasteiger charge is -2.36. The number of nitrogens with zero attached hydrogens (tertiary/aromatic N) is 2. The second-order valence-electron chi connectivity index (χ2n) is 5.56. The van der Waals surface area contributed by atoms with E-state index in [0.717, 1.165) is 25.9 Å². The first-order valence-electron chi connectivity index (χ1n) is 7.34. The minimum atomic E-state index is -0.839. The van der Waals surface area contributed by atoms with E-state index in [-0.39, 0.29) is 0 Å². The summed E-state index contributed by atoms with van der Waals surface area (Å²) in [5, 5.41) is 11.3. The Bertz CT molecular complexity index is 598. The largest absolute Gasteiger partial charge is 0.477 e. The lowest BCUT2D eigenvalue weighted by molar-refractivity contribution is 0.0676. The Hall–Kier alpha value is -1.59. The number of likely N-dealkylation sites (tertiary alicyclic amines) is 1. The number of carbonyl (C=O) groups is 1. The highest BCUT2D eigenvalue weighted by Crippen LogP contribution is 2.31. The minimum Gasteiger partial charge on any atom is -0.477 e. The molecule has 5 heteroatoms. The summed E-state index contributed by atoms with van der Waals surface area (Å²) in [5.74, 6) is -0.839. The molecule has 4 nitrogen and oxygen atoms in total. The monoisotopic (exact) mass is 304 g/mol. The zero-order valence-electron chi connectivity index (χ0n) is 12.1. The van der Waals surface area contributed by atoms with E-state index in [1.807, 2.05) is 16.8 Å². The molecule has 0 amide bonds. The molecule has 3 rings (SSSR count). The van der Waals surface area contributed by atoms with Crippen molar-refractivity contribution < 1.29 is 9.90 Å². The summed E-state index contributed by atoms with van der Waals surface area (Å²) < 4.78 is 1.93. The lowest BCUT2D eigenvalue weighted by Crippen LogP contribution is -2.36. The number of thiophene rings is 1. The fourth-order valence-electron chi connectivity index (χ4n) is 3.15. The van der Waals surface area contributed by atoms with Gasteiger partial charge in [-0.05, 0) is 43.3 Å². The zero-order valence-corrected chi connectivity index (χ0v) is 12.9. The van der Waals surface area contributed by atoms with Crippen molar-refractivity contribution in [3.63, 3.8) is 0 Å². The van der Waals surface area contributed by atoms with Gasteiger partial charge in [0.1, 0.15) is 5.69 Å². The molecule has 1 unspecified atom stereocenters. The van der Waals surface area contributed by atoms with E-state index in [4.69, 9.17) is 0 Å². The standard InChI is InChI=1S/C16H20N2O2S/c1-12(15-5-3-11-21-15)17-9-6-13(7-10-17)18-8-2-4-14(18)16(19)20/h2-5,8,11-13H,6-7,9-10H2,1H3,(H,19,20). The molecule has 2 aromatic heterocycles. The molecule has 1 fully saturated rings. The minimum absolute atomic E-state index is 0.304. The highest BCUT2D eigenvalue weighted by atomic mass is 32.1. The Balaban J connectivity index is 1.65. The average molecular weight is 304 g/mol. The maximum atomic E-state index is 11.2. The molecule has 1 aliphatic rings. The molecular formula is C16H20N2O2S. The molecule has 0 spiro atoms. The van der Waals surface area contributed by atoms with Gasteiger partial charge < -0.3 is 9.67 Å². The van der Waals surface area contributed by atoms with Crippen LogP contribution in [0.15, 0.2) is 35.8 Å². The van der Waals surface area contributed by atoms with E-state index in [1.54, 1.807) is 17.4 Å². The SMILES string of the molecule is CC(c1cccs1)N1CCC(n2cccc2C(=O)O)CC1. The van der Waals surface area contributed by atoms with Crippen molar-refractivity contribution in [3.8, 4) is 0 Å². The summed E-state index contributed by atoms with van der Waals surface area (Å²) in [6.45, 7) is 4.28. The van der Waals surface area contributed by atoms with Crippen molar-refractivity contribution in [1.82, 2.24) is 9.47 Å². The molecule has 112 valence electrons. The van der Waals surface area contributed by atoms with Crippen molar-refractivity contribution in [3.05, 3.63) is 46.4 Å². The van der Waals surface area contributed by atoms with Crippen LogP contribution in [-0.2, 0) is 0 Å². The van der Waals surface area contributed by atoms with Gasteiger partial charge in [0.25, 0.3) is 0 Å². The van der Waals surface area contributed by atoms with Crippen LogP contribution in [0.2, 0.25) is 0 Å². The van der Waals surface area contributed by atoms with Crippen LogP contribution in [0, 0.1) is 0 Å². The molecule has 1 saturated heterocycles. The number of carboxylic acid groups (broad SMARTS) is 1. The molecular weight excluding hydrogens is 284 g/mol. The van der Waals surface area contributed by atoms with Gasteiger partial charge in [0, 0.05) is 36.2 Å². The number of carboxylic acids is 1. The molecule has 2 aromatic rings. The first kappa shape index (κ1) is 14.4. The van der Waals surface area contributed by atoms with Crippen LogP contribution in [0.4, 0.5) is 0 Å². The highest BCUT2D eigenvalue weighted by Gasteiger charge is 2.26. The van der Waals surface area contributed by atoms with Crippen LogP contribution < -0.4 is 0 Å². The Labute approximate surface area is 128 Å². The van der Waals surface area contributed by atoms with E-state index in [9.17, 15) is 9.90 Å². The third-order valence-corrected chi connectivity index (χ3v) is 5.44. The van der Waals surface area contributed by atoms with Gasteiger partial charge in [-0.25, -0.2) is 4.79 Å². The van der Waals surface area contributed by atoms with Gasteiger partial charge >= 0.3 is 5.97 Å². The second-order valence-corrected chi connectivity index (χ2v) is 6.54. The number of aromatic carboxylic acids is 1. The van der Waals surface area contributed by atoms with Crippen molar-refractivity contribution in [1.29, 1.82) is 0 Å². The van der Waals surface area contributed by atoms with E-state index in [1.165, 1.54) is 4.88 Å². The summed E-state index contributed by atoms with van der Waals surface area (Å²) in [6.07, 6.45) is 3.90. The van der Waals surface area contributed by atoms with E-state index in [2.05, 4.69) is 29.3 Å². The van der Waals surface area contributed by atoms with E-state index >= 15 is 0 Å². The van der Waals surface area contributed by atoms with Gasteiger partial charge in [0.05, 0.1) is 0 Å². The molecule has 1 atom stereocenters. The van der Waals surface area contributed by atoms with Crippen molar-refractivity contribution >= 4 is 17.3 Å². The van der Waals surface area contributed by atoms with Crippen LogP contribution in [0.25, 0.3) is 0 Å². The Morgan fingerprint density at radius 3 is 2.71 bits per heavy atom. The zero-order chi connectivity index (χ0) is 14.8. The normalized spacial score (nSPS) is 18.7. The molecule has 0 aliphatic carbocycles. The molecule has 1 aliphatic heterocycles. The third-order valence-electron chi connectivity index (χ3n) is 4.39. The highest BCUT2D eigenvalue weighted by molar-refractivity contribution is 7.10. The van der Waals surface area contributed by atoms with Gasteiger partial charge in [-0.2, -0.15) is 0 Å². The third kappa shape index (κ3) is 2.89. The topological polar surface area (TPSA) is 45.5 Å². The van der Waals surface area contributed by atoms with Gasteiger partial charge in [0.15, 0.2) is 0 Å². The first-order chi connectivity index (χ1) is 10.2.